The van der Waals surface area contributed by atoms with Crippen LogP contribution in [0.5, 0.6) is 5.75 Å². The van der Waals surface area contributed by atoms with Gasteiger partial charge in [-0.3, -0.25) is 14.9 Å². The lowest BCUT2D eigenvalue weighted by Gasteiger charge is -2.15. The molecule has 0 heterocycles. The maximum absolute atomic E-state index is 11.9. The van der Waals surface area contributed by atoms with Gasteiger partial charge in [0.1, 0.15) is 0 Å². The van der Waals surface area contributed by atoms with Crippen LogP contribution in [0.2, 0.25) is 0 Å². The molecule has 18 heavy (non-hydrogen) atoms. The van der Waals surface area contributed by atoms with E-state index in [1.165, 1.54) is 30.2 Å². The average molecular weight is 273 g/mol. The van der Waals surface area contributed by atoms with E-state index in [0.29, 0.717) is 18.0 Å². The molecule has 0 aliphatic rings. The number of nitrogens with zero attached hydrogens (tertiary/aromatic N) is 2. The summed E-state index contributed by atoms with van der Waals surface area (Å²) in [5.41, 5.74) is 0.152. The summed E-state index contributed by atoms with van der Waals surface area (Å²) in [5.74, 6) is 0.126. The number of hydrogen-bond acceptors (Lipinski definition) is 4. The van der Waals surface area contributed by atoms with Gasteiger partial charge in [0.05, 0.1) is 12.0 Å². The van der Waals surface area contributed by atoms with Crippen LogP contribution in [0.1, 0.15) is 10.4 Å². The Balaban J connectivity index is 3.05. The fourth-order valence-corrected chi connectivity index (χ4v) is 1.66. The number of benzene rings is 1. The zero-order valence-corrected chi connectivity index (χ0v) is 10.8. The standard InChI is InChI=1S/C11H13ClN2O4/c1-13(6-5-12)11(15)8-3-4-9(14(16)17)10(7-8)18-2/h3-4,7H,5-6H2,1-2H3. The van der Waals surface area contributed by atoms with E-state index in [1.54, 1.807) is 7.05 Å². The van der Waals surface area contributed by atoms with Crippen molar-refractivity contribution in [3.05, 3.63) is 33.9 Å². The number of nitro benzene ring substituents is 1. The molecule has 0 spiro atoms. The highest BCUT2D eigenvalue weighted by Crippen LogP contribution is 2.27. The lowest BCUT2D eigenvalue weighted by atomic mass is 10.1. The predicted octanol–water partition coefficient (Wildman–Crippen LogP) is 1.91. The van der Waals surface area contributed by atoms with Crippen LogP contribution < -0.4 is 4.74 Å². The third-order valence-electron chi connectivity index (χ3n) is 2.39. The summed E-state index contributed by atoms with van der Waals surface area (Å²) in [5, 5.41) is 10.7. The quantitative estimate of drug-likeness (QED) is 0.466. The van der Waals surface area contributed by atoms with E-state index in [2.05, 4.69) is 0 Å². The molecule has 0 unspecified atom stereocenters. The SMILES string of the molecule is COc1cc(C(=O)N(C)CCCl)ccc1[N+](=O)[O-]. The third-order valence-corrected chi connectivity index (χ3v) is 2.56. The number of carbonyl (C=O) groups excluding carboxylic acids is 1. The second-order valence-corrected chi connectivity index (χ2v) is 3.94. The van der Waals surface area contributed by atoms with E-state index in [4.69, 9.17) is 16.3 Å². The van der Waals surface area contributed by atoms with Crippen molar-refractivity contribution in [1.29, 1.82) is 0 Å². The van der Waals surface area contributed by atoms with Gasteiger partial charge in [-0.1, -0.05) is 0 Å². The van der Waals surface area contributed by atoms with Crippen LogP contribution in [0.3, 0.4) is 0 Å². The maximum Gasteiger partial charge on any atom is 0.310 e. The minimum atomic E-state index is -0.560. The van der Waals surface area contributed by atoms with E-state index >= 15 is 0 Å². The van der Waals surface area contributed by atoms with Crippen LogP contribution in [0.4, 0.5) is 5.69 Å². The van der Waals surface area contributed by atoms with Crippen molar-refractivity contribution in [3.8, 4) is 5.75 Å². The van der Waals surface area contributed by atoms with Gasteiger partial charge in [-0.15, -0.1) is 11.6 Å². The molecule has 0 saturated carbocycles. The molecule has 1 rings (SSSR count). The van der Waals surface area contributed by atoms with Crippen LogP contribution >= 0.6 is 11.6 Å². The molecule has 0 radical (unpaired) electrons. The molecule has 0 N–H and O–H groups in total. The summed E-state index contributed by atoms with van der Waals surface area (Å²) in [6, 6.07) is 4.00. The average Bonchev–Trinajstić information content (AvgIpc) is 2.37. The normalized spacial score (nSPS) is 9.94. The van der Waals surface area contributed by atoms with Gasteiger partial charge >= 0.3 is 5.69 Å². The van der Waals surface area contributed by atoms with Crippen LogP contribution in [-0.2, 0) is 0 Å². The van der Waals surface area contributed by atoms with Crippen molar-refractivity contribution >= 4 is 23.2 Å². The van der Waals surface area contributed by atoms with Crippen molar-refractivity contribution in [2.75, 3.05) is 26.6 Å². The highest BCUT2D eigenvalue weighted by atomic mass is 35.5. The van der Waals surface area contributed by atoms with Gasteiger partial charge in [0.15, 0.2) is 5.75 Å². The van der Waals surface area contributed by atoms with Crippen LogP contribution in [0, 0.1) is 10.1 Å². The summed E-state index contributed by atoms with van der Waals surface area (Å²) in [6.07, 6.45) is 0. The molecule has 0 fully saturated rings. The molecule has 0 saturated heterocycles. The summed E-state index contributed by atoms with van der Waals surface area (Å²) >= 11 is 5.55. The predicted molar refractivity (Wildman–Crippen MR) is 67.3 cm³/mol. The van der Waals surface area contributed by atoms with Crippen LogP contribution in [-0.4, -0.2) is 42.3 Å². The Morgan fingerprint density at radius 3 is 2.72 bits per heavy atom. The molecule has 7 heteroatoms. The second kappa shape index (κ2) is 6.20. The Labute approximate surface area is 109 Å². The molecule has 98 valence electrons. The van der Waals surface area contributed by atoms with Crippen molar-refractivity contribution in [2.24, 2.45) is 0 Å². The number of nitro groups is 1. The first-order chi connectivity index (χ1) is 8.51. The van der Waals surface area contributed by atoms with Crippen molar-refractivity contribution in [2.45, 2.75) is 0 Å². The number of alkyl halides is 1. The maximum atomic E-state index is 11.9. The molecular weight excluding hydrogens is 260 g/mol. The topological polar surface area (TPSA) is 72.7 Å². The van der Waals surface area contributed by atoms with Gasteiger partial charge in [0.25, 0.3) is 5.91 Å². The Morgan fingerprint density at radius 1 is 1.56 bits per heavy atom. The van der Waals surface area contributed by atoms with E-state index in [-0.39, 0.29) is 17.3 Å². The van der Waals surface area contributed by atoms with E-state index in [0.717, 1.165) is 0 Å². The van der Waals surface area contributed by atoms with Gasteiger partial charge < -0.3 is 9.64 Å². The van der Waals surface area contributed by atoms with Crippen molar-refractivity contribution in [3.63, 3.8) is 0 Å². The first kappa shape index (κ1) is 14.2. The molecule has 0 aliphatic heterocycles. The molecule has 1 aromatic carbocycles. The summed E-state index contributed by atoms with van der Waals surface area (Å²) < 4.78 is 4.90. The van der Waals surface area contributed by atoms with E-state index in [9.17, 15) is 14.9 Å². The molecule has 0 bridgehead atoms. The zero-order chi connectivity index (χ0) is 13.7. The number of methoxy groups -OCH3 is 1. The number of hydrogen-bond donors (Lipinski definition) is 0. The fourth-order valence-electron chi connectivity index (χ4n) is 1.41. The molecule has 1 amide bonds. The molecular formula is C11H13ClN2O4. The number of halogens is 1. The smallest absolute Gasteiger partial charge is 0.310 e. The minimum Gasteiger partial charge on any atom is -0.490 e. The van der Waals surface area contributed by atoms with Gasteiger partial charge in [-0.25, -0.2) is 0 Å². The Hall–Kier alpha value is -1.82. The monoisotopic (exact) mass is 272 g/mol. The van der Waals surface area contributed by atoms with Crippen molar-refractivity contribution in [1.82, 2.24) is 4.90 Å². The van der Waals surface area contributed by atoms with Gasteiger partial charge in [-0.05, 0) is 6.07 Å². The highest BCUT2D eigenvalue weighted by Gasteiger charge is 2.18. The molecule has 0 aliphatic carbocycles. The Morgan fingerprint density at radius 2 is 2.22 bits per heavy atom. The molecule has 6 nitrogen and oxygen atoms in total. The van der Waals surface area contributed by atoms with Crippen LogP contribution in [0.25, 0.3) is 0 Å². The van der Waals surface area contributed by atoms with Gasteiger partial charge in [-0.2, -0.15) is 0 Å². The number of rotatable bonds is 5. The van der Waals surface area contributed by atoms with Gasteiger partial charge in [0.2, 0.25) is 0 Å². The summed E-state index contributed by atoms with van der Waals surface area (Å²) in [6.45, 7) is 0.402. The van der Waals surface area contributed by atoms with Crippen LogP contribution in [0.15, 0.2) is 18.2 Å². The van der Waals surface area contributed by atoms with E-state index in [1.807, 2.05) is 0 Å². The molecule has 1 aromatic rings. The molecule has 0 atom stereocenters. The third kappa shape index (κ3) is 3.10. The lowest BCUT2D eigenvalue weighted by molar-refractivity contribution is -0.385. The minimum absolute atomic E-state index is 0.0603. The number of carbonyl (C=O) groups is 1. The largest absolute Gasteiger partial charge is 0.490 e. The zero-order valence-electron chi connectivity index (χ0n) is 10.1. The number of amides is 1. The van der Waals surface area contributed by atoms with Gasteiger partial charge in [0, 0.05) is 37.2 Å². The lowest BCUT2D eigenvalue weighted by Crippen LogP contribution is -2.28. The number of ether oxygens (including phenoxy) is 1. The summed E-state index contributed by atoms with van der Waals surface area (Å²) in [4.78, 5) is 23.5. The Kier molecular flexibility index (Phi) is 4.91. The fraction of sp³-hybridized carbons (Fsp3) is 0.364. The second-order valence-electron chi connectivity index (χ2n) is 3.56. The molecule has 0 aromatic heterocycles. The highest BCUT2D eigenvalue weighted by molar-refractivity contribution is 6.18. The van der Waals surface area contributed by atoms with E-state index < -0.39 is 4.92 Å². The first-order valence-electron chi connectivity index (χ1n) is 5.15. The summed E-state index contributed by atoms with van der Waals surface area (Å²) in [7, 11) is 2.93. The Bertz CT molecular complexity index is 464. The first-order valence-corrected chi connectivity index (χ1v) is 5.68. The van der Waals surface area contributed by atoms with Crippen molar-refractivity contribution < 1.29 is 14.5 Å².